The fourth-order valence-electron chi connectivity index (χ4n) is 1.55. The Balaban J connectivity index is 2.71. The van der Waals surface area contributed by atoms with Gasteiger partial charge in [-0.25, -0.2) is 9.78 Å². The van der Waals surface area contributed by atoms with E-state index in [2.05, 4.69) is 4.98 Å². The summed E-state index contributed by atoms with van der Waals surface area (Å²) in [5.74, 6) is -0.597. The van der Waals surface area contributed by atoms with Crippen LogP contribution in [0.15, 0.2) is 24.3 Å². The van der Waals surface area contributed by atoms with E-state index in [-0.39, 0.29) is 5.69 Å². The van der Waals surface area contributed by atoms with Gasteiger partial charge in [0.2, 0.25) is 0 Å². The molecule has 1 heterocycles. The summed E-state index contributed by atoms with van der Waals surface area (Å²) in [7, 11) is 0. The van der Waals surface area contributed by atoms with E-state index in [1.54, 1.807) is 18.2 Å². The van der Waals surface area contributed by atoms with E-state index in [4.69, 9.17) is 21.4 Å². The van der Waals surface area contributed by atoms with Crippen molar-refractivity contribution >= 4 is 28.5 Å². The van der Waals surface area contributed by atoms with E-state index in [1.807, 2.05) is 6.92 Å². The van der Waals surface area contributed by atoms with Crippen LogP contribution in [0.3, 0.4) is 0 Å². The molecule has 88 valence electrons. The third kappa shape index (κ3) is 2.31. The molecule has 0 radical (unpaired) electrons. The highest BCUT2D eigenvalue weighted by Crippen LogP contribution is 2.28. The normalized spacial score (nSPS) is 10.5. The predicted octanol–water partition coefficient (Wildman–Crippen LogP) is 2.99. The number of aromatic nitrogens is 1. The molecule has 0 aliphatic carbocycles. The molecule has 0 saturated carbocycles. The minimum absolute atomic E-state index is 0.0386. The maximum absolute atomic E-state index is 10.9. The third-order valence-electron chi connectivity index (χ3n) is 2.25. The highest BCUT2D eigenvalue weighted by Gasteiger charge is 2.11. The van der Waals surface area contributed by atoms with Crippen LogP contribution in [0.25, 0.3) is 10.9 Å². The molecular weight excluding hydrogens is 242 g/mol. The monoisotopic (exact) mass is 251 g/mol. The standard InChI is InChI=1S/C12H10ClNO3/c1-2-17-11-6-10(12(15)16)14-9-4-3-7(13)5-8(9)11/h3-6H,2H2,1H3,(H,15,16). The Morgan fingerprint density at radius 1 is 1.47 bits per heavy atom. The number of rotatable bonds is 3. The number of benzene rings is 1. The molecular formula is C12H10ClNO3. The van der Waals surface area contributed by atoms with Crippen molar-refractivity contribution in [1.82, 2.24) is 4.98 Å². The highest BCUT2D eigenvalue weighted by atomic mass is 35.5. The number of nitrogens with zero attached hydrogens (tertiary/aromatic N) is 1. The number of fused-ring (bicyclic) bond motifs is 1. The average molecular weight is 252 g/mol. The Labute approximate surface area is 103 Å². The second kappa shape index (κ2) is 4.59. The minimum Gasteiger partial charge on any atom is -0.493 e. The number of aromatic carboxylic acids is 1. The molecule has 5 heteroatoms. The van der Waals surface area contributed by atoms with Gasteiger partial charge in [0.05, 0.1) is 12.1 Å². The summed E-state index contributed by atoms with van der Waals surface area (Å²) in [4.78, 5) is 14.9. The van der Waals surface area contributed by atoms with Crippen molar-refractivity contribution in [2.45, 2.75) is 6.92 Å². The molecule has 0 aliphatic rings. The van der Waals surface area contributed by atoms with Gasteiger partial charge in [-0.15, -0.1) is 0 Å². The van der Waals surface area contributed by atoms with E-state index >= 15 is 0 Å². The molecule has 17 heavy (non-hydrogen) atoms. The van der Waals surface area contributed by atoms with Gasteiger partial charge >= 0.3 is 5.97 Å². The largest absolute Gasteiger partial charge is 0.493 e. The SMILES string of the molecule is CCOc1cc(C(=O)O)nc2ccc(Cl)cc12. The minimum atomic E-state index is -1.08. The summed E-state index contributed by atoms with van der Waals surface area (Å²) in [6, 6.07) is 6.45. The number of hydrogen-bond acceptors (Lipinski definition) is 3. The van der Waals surface area contributed by atoms with Crippen LogP contribution in [0.2, 0.25) is 5.02 Å². The number of carboxylic acids is 1. The molecule has 0 amide bonds. The van der Waals surface area contributed by atoms with Gasteiger partial charge in [-0.2, -0.15) is 0 Å². The van der Waals surface area contributed by atoms with Crippen LogP contribution in [-0.4, -0.2) is 22.7 Å². The second-order valence-electron chi connectivity index (χ2n) is 3.41. The first-order chi connectivity index (χ1) is 8.11. The molecule has 1 N–H and O–H groups in total. The van der Waals surface area contributed by atoms with Crippen molar-refractivity contribution in [1.29, 1.82) is 0 Å². The highest BCUT2D eigenvalue weighted by molar-refractivity contribution is 6.31. The van der Waals surface area contributed by atoms with E-state index < -0.39 is 5.97 Å². The Bertz CT molecular complexity index is 583. The van der Waals surface area contributed by atoms with Crippen LogP contribution >= 0.6 is 11.6 Å². The van der Waals surface area contributed by atoms with Gasteiger partial charge in [-0.05, 0) is 25.1 Å². The number of carboxylic acid groups (broad SMARTS) is 1. The van der Waals surface area contributed by atoms with Crippen molar-refractivity contribution in [3.8, 4) is 5.75 Å². The molecule has 0 saturated heterocycles. The van der Waals surface area contributed by atoms with Gasteiger partial charge in [0.1, 0.15) is 5.75 Å². The molecule has 2 rings (SSSR count). The number of pyridine rings is 1. The third-order valence-corrected chi connectivity index (χ3v) is 2.49. The van der Waals surface area contributed by atoms with Crippen molar-refractivity contribution in [3.05, 3.63) is 35.0 Å². The predicted molar refractivity (Wildman–Crippen MR) is 64.9 cm³/mol. The summed E-state index contributed by atoms with van der Waals surface area (Å²) in [6.45, 7) is 2.28. The fourth-order valence-corrected chi connectivity index (χ4v) is 1.72. The van der Waals surface area contributed by atoms with E-state index in [9.17, 15) is 4.79 Å². The lowest BCUT2D eigenvalue weighted by molar-refractivity contribution is 0.0690. The van der Waals surface area contributed by atoms with Crippen molar-refractivity contribution in [2.75, 3.05) is 6.61 Å². The summed E-state index contributed by atoms with van der Waals surface area (Å²) >= 11 is 5.89. The maximum atomic E-state index is 10.9. The van der Waals surface area contributed by atoms with E-state index in [1.165, 1.54) is 6.07 Å². The Morgan fingerprint density at radius 3 is 2.88 bits per heavy atom. The molecule has 2 aromatic rings. The maximum Gasteiger partial charge on any atom is 0.354 e. The topological polar surface area (TPSA) is 59.4 Å². The van der Waals surface area contributed by atoms with Crippen LogP contribution in [0, 0.1) is 0 Å². The smallest absolute Gasteiger partial charge is 0.354 e. The zero-order valence-electron chi connectivity index (χ0n) is 9.11. The van der Waals surface area contributed by atoms with Crippen LogP contribution in [-0.2, 0) is 0 Å². The second-order valence-corrected chi connectivity index (χ2v) is 3.84. The molecule has 0 fully saturated rings. The zero-order valence-corrected chi connectivity index (χ0v) is 9.86. The first-order valence-electron chi connectivity index (χ1n) is 5.08. The molecule has 0 bridgehead atoms. The lowest BCUT2D eigenvalue weighted by atomic mass is 10.2. The lowest BCUT2D eigenvalue weighted by Crippen LogP contribution is -2.02. The Hall–Kier alpha value is -1.81. The molecule has 1 aromatic heterocycles. The summed E-state index contributed by atoms with van der Waals surface area (Å²) in [5, 5.41) is 10.2. The molecule has 0 spiro atoms. The van der Waals surface area contributed by atoms with Crippen molar-refractivity contribution < 1.29 is 14.6 Å². The Kier molecular flexibility index (Phi) is 3.15. The fraction of sp³-hybridized carbons (Fsp3) is 0.167. The first-order valence-corrected chi connectivity index (χ1v) is 5.46. The van der Waals surface area contributed by atoms with Crippen LogP contribution in [0.5, 0.6) is 5.75 Å². The van der Waals surface area contributed by atoms with Gasteiger partial charge in [-0.1, -0.05) is 11.6 Å². The van der Waals surface area contributed by atoms with Crippen molar-refractivity contribution in [3.63, 3.8) is 0 Å². The van der Waals surface area contributed by atoms with Gasteiger partial charge in [0, 0.05) is 16.5 Å². The Morgan fingerprint density at radius 2 is 2.24 bits per heavy atom. The van der Waals surface area contributed by atoms with Crippen molar-refractivity contribution in [2.24, 2.45) is 0 Å². The van der Waals surface area contributed by atoms with Gasteiger partial charge < -0.3 is 9.84 Å². The quantitative estimate of drug-likeness (QED) is 0.911. The molecule has 0 unspecified atom stereocenters. The van der Waals surface area contributed by atoms with Crippen LogP contribution in [0.4, 0.5) is 0 Å². The van der Waals surface area contributed by atoms with E-state index in [0.717, 1.165) is 0 Å². The molecule has 0 aliphatic heterocycles. The number of carbonyl (C=O) groups is 1. The van der Waals surface area contributed by atoms with Crippen LogP contribution < -0.4 is 4.74 Å². The first kappa shape index (κ1) is 11.7. The number of ether oxygens (including phenoxy) is 1. The molecule has 4 nitrogen and oxygen atoms in total. The van der Waals surface area contributed by atoms with Gasteiger partial charge in [0.15, 0.2) is 5.69 Å². The van der Waals surface area contributed by atoms with Crippen LogP contribution in [0.1, 0.15) is 17.4 Å². The van der Waals surface area contributed by atoms with Gasteiger partial charge in [0.25, 0.3) is 0 Å². The molecule has 0 atom stereocenters. The number of hydrogen-bond donors (Lipinski definition) is 1. The summed E-state index contributed by atoms with van der Waals surface area (Å²) in [5.41, 5.74) is 0.515. The zero-order chi connectivity index (χ0) is 12.4. The summed E-state index contributed by atoms with van der Waals surface area (Å²) in [6.07, 6.45) is 0. The van der Waals surface area contributed by atoms with E-state index in [0.29, 0.717) is 28.3 Å². The van der Waals surface area contributed by atoms with Gasteiger partial charge in [-0.3, -0.25) is 0 Å². The molecule has 1 aromatic carbocycles. The summed E-state index contributed by atoms with van der Waals surface area (Å²) < 4.78 is 5.40. The lowest BCUT2D eigenvalue weighted by Gasteiger charge is -2.08. The number of halogens is 1. The average Bonchev–Trinajstić information content (AvgIpc) is 2.29.